The molecule has 0 saturated carbocycles. The van der Waals surface area contributed by atoms with Gasteiger partial charge in [0.05, 0.1) is 14.2 Å². The van der Waals surface area contributed by atoms with Crippen LogP contribution < -0.4 is 20.5 Å². The second-order valence-corrected chi connectivity index (χ2v) is 6.46. The largest absolute Gasteiger partial charge is 0.493 e. The van der Waals surface area contributed by atoms with Crippen LogP contribution >= 0.6 is 11.8 Å². The van der Waals surface area contributed by atoms with Crippen LogP contribution in [0.5, 0.6) is 11.5 Å². The summed E-state index contributed by atoms with van der Waals surface area (Å²) in [5.74, 6) is 1.83. The molecule has 0 bridgehead atoms. The van der Waals surface area contributed by atoms with Gasteiger partial charge in [-0.05, 0) is 29.8 Å². The Bertz CT molecular complexity index is 944. The molecule has 0 saturated heterocycles. The number of anilines is 2. The lowest BCUT2D eigenvalue weighted by molar-refractivity contribution is 0.102. The van der Waals surface area contributed by atoms with Crippen molar-refractivity contribution in [3.8, 4) is 11.5 Å². The normalized spacial score (nSPS) is 10.4. The molecule has 0 aliphatic carbocycles. The molecular weight excluding hydrogens is 366 g/mol. The van der Waals surface area contributed by atoms with Crippen molar-refractivity contribution in [2.45, 2.75) is 10.9 Å². The van der Waals surface area contributed by atoms with E-state index >= 15 is 0 Å². The highest BCUT2D eigenvalue weighted by Gasteiger charge is 2.10. The Hall–Kier alpha value is -3.20. The highest BCUT2D eigenvalue weighted by molar-refractivity contribution is 7.98. The van der Waals surface area contributed by atoms with Gasteiger partial charge in [0.1, 0.15) is 0 Å². The molecule has 8 nitrogen and oxygen atoms in total. The Morgan fingerprint density at radius 1 is 1.19 bits per heavy atom. The molecule has 3 aromatic rings. The molecule has 9 heteroatoms. The second kappa shape index (κ2) is 8.45. The molecule has 0 fully saturated rings. The molecule has 0 aliphatic heterocycles. The molecule has 0 unspecified atom stereocenters. The van der Waals surface area contributed by atoms with Crippen LogP contribution in [0.2, 0.25) is 0 Å². The molecule has 1 aromatic heterocycles. The summed E-state index contributed by atoms with van der Waals surface area (Å²) in [6.45, 7) is 0. The Labute approximate surface area is 160 Å². The molecule has 0 radical (unpaired) electrons. The number of benzene rings is 2. The molecule has 2 aromatic carbocycles. The van der Waals surface area contributed by atoms with Gasteiger partial charge in [-0.2, -0.15) is 4.98 Å². The fourth-order valence-corrected chi connectivity index (χ4v) is 3.14. The third-order valence-corrected chi connectivity index (χ3v) is 4.60. The van der Waals surface area contributed by atoms with Gasteiger partial charge in [0.2, 0.25) is 11.1 Å². The number of nitrogens with two attached hydrogens (primary N) is 1. The van der Waals surface area contributed by atoms with E-state index < -0.39 is 0 Å². The van der Waals surface area contributed by atoms with Crippen LogP contribution in [0.25, 0.3) is 0 Å². The Balaban J connectivity index is 1.68. The first-order chi connectivity index (χ1) is 13.1. The predicted octanol–water partition coefficient (Wildman–Crippen LogP) is 2.95. The maximum atomic E-state index is 12.6. The summed E-state index contributed by atoms with van der Waals surface area (Å²) in [5.41, 5.74) is 7.66. The number of carbonyl (C=O) groups is 1. The summed E-state index contributed by atoms with van der Waals surface area (Å²) < 4.78 is 10.5. The van der Waals surface area contributed by atoms with Crippen molar-refractivity contribution >= 4 is 29.3 Å². The summed E-state index contributed by atoms with van der Waals surface area (Å²) in [7, 11) is 3.11. The van der Waals surface area contributed by atoms with Crippen molar-refractivity contribution in [1.82, 2.24) is 15.2 Å². The molecule has 0 spiro atoms. The van der Waals surface area contributed by atoms with E-state index in [1.165, 1.54) is 11.8 Å². The minimum absolute atomic E-state index is 0.212. The van der Waals surface area contributed by atoms with Crippen LogP contribution in [-0.2, 0) is 5.75 Å². The third kappa shape index (κ3) is 4.70. The Morgan fingerprint density at radius 2 is 2.00 bits per heavy atom. The van der Waals surface area contributed by atoms with Crippen molar-refractivity contribution in [3.05, 3.63) is 53.6 Å². The molecule has 0 atom stereocenters. The fourth-order valence-electron chi connectivity index (χ4n) is 2.39. The molecule has 140 valence electrons. The van der Waals surface area contributed by atoms with Crippen molar-refractivity contribution in [2.24, 2.45) is 0 Å². The minimum atomic E-state index is -0.212. The van der Waals surface area contributed by atoms with Gasteiger partial charge in [-0.3, -0.25) is 4.79 Å². The van der Waals surface area contributed by atoms with Gasteiger partial charge in [0.15, 0.2) is 11.5 Å². The maximum absolute atomic E-state index is 12.6. The summed E-state index contributed by atoms with van der Waals surface area (Å²) in [4.78, 5) is 16.6. The number of aromatic amines is 1. The zero-order valence-electron chi connectivity index (χ0n) is 14.9. The molecule has 4 N–H and O–H groups in total. The van der Waals surface area contributed by atoms with Gasteiger partial charge in [-0.1, -0.05) is 23.9 Å². The maximum Gasteiger partial charge on any atom is 0.255 e. The zero-order chi connectivity index (χ0) is 19.2. The van der Waals surface area contributed by atoms with Crippen LogP contribution in [0.3, 0.4) is 0 Å². The number of hydrogen-bond donors (Lipinski definition) is 3. The van der Waals surface area contributed by atoms with E-state index in [4.69, 9.17) is 15.2 Å². The molecule has 27 heavy (non-hydrogen) atoms. The molecular formula is C18H19N5O3S. The van der Waals surface area contributed by atoms with E-state index in [2.05, 4.69) is 20.5 Å². The second-order valence-electron chi connectivity index (χ2n) is 5.52. The van der Waals surface area contributed by atoms with Gasteiger partial charge in [0, 0.05) is 23.1 Å². The lowest BCUT2D eigenvalue weighted by atomic mass is 10.1. The van der Waals surface area contributed by atoms with E-state index in [0.29, 0.717) is 33.7 Å². The van der Waals surface area contributed by atoms with Crippen LogP contribution in [0.1, 0.15) is 15.9 Å². The van der Waals surface area contributed by atoms with Gasteiger partial charge in [0.25, 0.3) is 5.91 Å². The smallest absolute Gasteiger partial charge is 0.255 e. The lowest BCUT2D eigenvalue weighted by Gasteiger charge is -2.11. The van der Waals surface area contributed by atoms with E-state index in [1.807, 2.05) is 18.2 Å². The van der Waals surface area contributed by atoms with Gasteiger partial charge >= 0.3 is 0 Å². The van der Waals surface area contributed by atoms with Crippen LogP contribution in [0, 0.1) is 0 Å². The standard InChI is InChI=1S/C18H19N5O3S/c1-25-14-7-6-13(9-15(14)26-2)20-16(24)12-5-3-4-11(8-12)10-27-18-21-17(19)22-23-18/h3-9H,10H2,1-2H3,(H,20,24)(H3,19,21,22,23). The number of hydrogen-bond acceptors (Lipinski definition) is 7. The third-order valence-electron chi connectivity index (χ3n) is 3.68. The monoisotopic (exact) mass is 385 g/mol. The minimum Gasteiger partial charge on any atom is -0.493 e. The average molecular weight is 385 g/mol. The van der Waals surface area contributed by atoms with Crippen molar-refractivity contribution < 1.29 is 14.3 Å². The number of ether oxygens (including phenoxy) is 2. The number of carbonyl (C=O) groups excluding carboxylic acids is 1. The van der Waals surface area contributed by atoms with E-state index in [1.54, 1.807) is 38.5 Å². The first kappa shape index (κ1) is 18.6. The number of aromatic nitrogens is 3. The van der Waals surface area contributed by atoms with Crippen molar-refractivity contribution in [1.29, 1.82) is 0 Å². The van der Waals surface area contributed by atoms with Crippen molar-refractivity contribution in [3.63, 3.8) is 0 Å². The van der Waals surface area contributed by atoms with Crippen LogP contribution in [0.15, 0.2) is 47.6 Å². The number of nitrogens with one attached hydrogen (secondary N) is 2. The molecule has 3 rings (SSSR count). The molecule has 0 aliphatic rings. The summed E-state index contributed by atoms with van der Waals surface area (Å²) in [6.07, 6.45) is 0. The lowest BCUT2D eigenvalue weighted by Crippen LogP contribution is -2.12. The average Bonchev–Trinajstić information content (AvgIpc) is 3.11. The SMILES string of the molecule is COc1ccc(NC(=O)c2cccc(CSc3n[nH]c(N)n3)c2)cc1OC. The molecule has 1 amide bonds. The van der Waals surface area contributed by atoms with E-state index in [9.17, 15) is 4.79 Å². The molecule has 1 heterocycles. The number of nitrogens with zero attached hydrogens (tertiary/aromatic N) is 2. The van der Waals surface area contributed by atoms with Crippen LogP contribution in [-0.4, -0.2) is 35.3 Å². The zero-order valence-corrected chi connectivity index (χ0v) is 15.7. The highest BCUT2D eigenvalue weighted by atomic mass is 32.2. The summed E-state index contributed by atoms with van der Waals surface area (Å²) >= 11 is 1.43. The summed E-state index contributed by atoms with van der Waals surface area (Å²) in [5, 5.41) is 9.99. The quantitative estimate of drug-likeness (QED) is 0.536. The number of methoxy groups -OCH3 is 2. The van der Waals surface area contributed by atoms with Crippen LogP contribution in [0.4, 0.5) is 11.6 Å². The van der Waals surface area contributed by atoms with E-state index in [-0.39, 0.29) is 11.9 Å². The highest BCUT2D eigenvalue weighted by Crippen LogP contribution is 2.30. The van der Waals surface area contributed by atoms with Gasteiger partial charge < -0.3 is 20.5 Å². The Morgan fingerprint density at radius 3 is 2.70 bits per heavy atom. The number of amides is 1. The first-order valence-electron chi connectivity index (χ1n) is 8.02. The number of rotatable bonds is 7. The number of H-pyrrole nitrogens is 1. The Kier molecular flexibility index (Phi) is 5.82. The van der Waals surface area contributed by atoms with Gasteiger partial charge in [-0.25, -0.2) is 5.10 Å². The first-order valence-corrected chi connectivity index (χ1v) is 9.00. The number of nitrogen functional groups attached to an aromatic ring is 1. The van der Waals surface area contributed by atoms with Crippen molar-refractivity contribution in [2.75, 3.05) is 25.3 Å². The number of thioether (sulfide) groups is 1. The topological polar surface area (TPSA) is 115 Å². The fraction of sp³-hybridized carbons (Fsp3) is 0.167. The summed E-state index contributed by atoms with van der Waals surface area (Å²) in [6, 6.07) is 12.6. The van der Waals surface area contributed by atoms with E-state index in [0.717, 1.165) is 5.56 Å². The predicted molar refractivity (Wildman–Crippen MR) is 104 cm³/mol. The van der Waals surface area contributed by atoms with Gasteiger partial charge in [-0.15, -0.1) is 5.10 Å².